The van der Waals surface area contributed by atoms with Gasteiger partial charge >= 0.3 is 5.97 Å². The highest BCUT2D eigenvalue weighted by atomic mass is 16.5. The Bertz CT molecular complexity index is 343. The molecule has 3 nitrogen and oxygen atoms in total. The van der Waals surface area contributed by atoms with Crippen molar-refractivity contribution in [3.63, 3.8) is 0 Å². The number of allylic oxidation sites excluding steroid dienone is 3. The molecule has 0 unspecified atom stereocenters. The molecule has 0 amide bonds. The maximum Gasteiger partial charge on any atom is 0.330 e. The molecule has 126 valence electrons. The number of Topliss-reactive ketones (excluding diaryl/α,β-unsaturated/α-hetero) is 1. The van der Waals surface area contributed by atoms with Crippen molar-refractivity contribution in [1.82, 2.24) is 0 Å². The largest absolute Gasteiger partial charge is 0.466 e. The summed E-state index contributed by atoms with van der Waals surface area (Å²) in [6, 6.07) is 0. The van der Waals surface area contributed by atoms with Gasteiger partial charge < -0.3 is 4.74 Å². The second-order valence-corrected chi connectivity index (χ2v) is 5.61. The summed E-state index contributed by atoms with van der Waals surface area (Å²) >= 11 is 0. The molecule has 0 aromatic heterocycles. The van der Waals surface area contributed by atoms with Crippen molar-refractivity contribution in [3.8, 4) is 0 Å². The minimum atomic E-state index is -0.352. The number of carbonyl (C=O) groups is 2. The summed E-state index contributed by atoms with van der Waals surface area (Å²) in [5, 5.41) is 0. The van der Waals surface area contributed by atoms with E-state index in [0.29, 0.717) is 12.2 Å². The van der Waals surface area contributed by atoms with Crippen molar-refractivity contribution in [2.45, 2.75) is 77.6 Å². The molecule has 0 heterocycles. The second-order valence-electron chi connectivity index (χ2n) is 5.61. The van der Waals surface area contributed by atoms with Gasteiger partial charge in [-0.3, -0.25) is 4.79 Å². The van der Waals surface area contributed by atoms with Crippen LogP contribution in [0.1, 0.15) is 77.6 Å². The van der Waals surface area contributed by atoms with Crippen LogP contribution in [0.2, 0.25) is 0 Å². The first-order valence-corrected chi connectivity index (χ1v) is 8.63. The van der Waals surface area contributed by atoms with E-state index in [9.17, 15) is 9.59 Å². The van der Waals surface area contributed by atoms with Gasteiger partial charge in [-0.15, -0.1) is 0 Å². The Morgan fingerprint density at radius 1 is 0.864 bits per heavy atom. The molecule has 0 aromatic carbocycles. The van der Waals surface area contributed by atoms with Crippen molar-refractivity contribution in [2.75, 3.05) is 7.11 Å². The third-order valence-electron chi connectivity index (χ3n) is 3.57. The van der Waals surface area contributed by atoms with Crippen LogP contribution in [0.5, 0.6) is 0 Å². The highest BCUT2D eigenvalue weighted by Crippen LogP contribution is 2.10. The molecule has 22 heavy (non-hydrogen) atoms. The van der Waals surface area contributed by atoms with Crippen LogP contribution in [-0.2, 0) is 14.3 Å². The molecule has 0 saturated heterocycles. The third-order valence-corrected chi connectivity index (χ3v) is 3.57. The number of hydrogen-bond acceptors (Lipinski definition) is 3. The van der Waals surface area contributed by atoms with Gasteiger partial charge in [0.1, 0.15) is 5.78 Å². The van der Waals surface area contributed by atoms with Gasteiger partial charge in [0.05, 0.1) is 7.11 Å². The van der Waals surface area contributed by atoms with E-state index in [2.05, 4.69) is 11.7 Å². The second kappa shape index (κ2) is 16.0. The molecule has 0 atom stereocenters. The van der Waals surface area contributed by atoms with E-state index in [-0.39, 0.29) is 5.97 Å². The number of ether oxygens (including phenoxy) is 1. The van der Waals surface area contributed by atoms with E-state index in [1.54, 1.807) is 6.08 Å². The lowest BCUT2D eigenvalue weighted by atomic mass is 10.0. The Balaban J connectivity index is 3.41. The van der Waals surface area contributed by atoms with Crippen molar-refractivity contribution in [3.05, 3.63) is 24.3 Å². The van der Waals surface area contributed by atoms with Crippen LogP contribution in [0.15, 0.2) is 24.3 Å². The van der Waals surface area contributed by atoms with Crippen LogP contribution in [0.25, 0.3) is 0 Å². The van der Waals surface area contributed by atoms with Crippen LogP contribution in [0, 0.1) is 0 Å². The lowest BCUT2D eigenvalue weighted by Crippen LogP contribution is -1.97. The lowest BCUT2D eigenvalue weighted by molar-refractivity contribution is -0.134. The Hall–Kier alpha value is -1.38. The Morgan fingerprint density at radius 3 is 2.18 bits per heavy atom. The number of methoxy groups -OCH3 is 1. The Kier molecular flexibility index (Phi) is 15.0. The molecule has 0 rings (SSSR count). The fraction of sp³-hybridized carbons (Fsp3) is 0.684. The topological polar surface area (TPSA) is 43.4 Å². The molecule has 0 aliphatic rings. The Labute approximate surface area is 135 Å². The predicted octanol–water partition coefficient (Wildman–Crippen LogP) is 5.15. The molecule has 0 aliphatic heterocycles. The average molecular weight is 308 g/mol. The third kappa shape index (κ3) is 15.0. The molecular formula is C19H32O3. The highest BCUT2D eigenvalue weighted by Gasteiger charge is 2.00. The first-order valence-electron chi connectivity index (χ1n) is 8.63. The molecule has 0 fully saturated rings. The van der Waals surface area contributed by atoms with Crippen LogP contribution < -0.4 is 0 Å². The van der Waals surface area contributed by atoms with Gasteiger partial charge in [-0.25, -0.2) is 4.79 Å². The van der Waals surface area contributed by atoms with Crippen LogP contribution >= 0.6 is 0 Å². The molecular weight excluding hydrogens is 276 g/mol. The van der Waals surface area contributed by atoms with E-state index in [1.165, 1.54) is 51.7 Å². The van der Waals surface area contributed by atoms with E-state index in [0.717, 1.165) is 25.7 Å². The SMILES string of the molecule is CCCCCCCCCC(=O)CCC/C=C\C=C\C(=O)OC. The molecule has 0 bridgehead atoms. The summed E-state index contributed by atoms with van der Waals surface area (Å²) in [7, 11) is 1.35. The number of ketones is 1. The number of esters is 1. The van der Waals surface area contributed by atoms with E-state index in [4.69, 9.17) is 0 Å². The summed E-state index contributed by atoms with van der Waals surface area (Å²) in [4.78, 5) is 22.5. The van der Waals surface area contributed by atoms with Gasteiger partial charge in [-0.2, -0.15) is 0 Å². The minimum Gasteiger partial charge on any atom is -0.466 e. The Morgan fingerprint density at radius 2 is 1.50 bits per heavy atom. The van der Waals surface area contributed by atoms with Crippen molar-refractivity contribution < 1.29 is 14.3 Å². The summed E-state index contributed by atoms with van der Waals surface area (Å²) in [5.74, 6) is 0.0292. The molecule has 0 aliphatic carbocycles. The maximum atomic E-state index is 11.7. The van der Waals surface area contributed by atoms with E-state index >= 15 is 0 Å². The number of carbonyl (C=O) groups excluding carboxylic acids is 2. The number of hydrogen-bond donors (Lipinski definition) is 0. The highest BCUT2D eigenvalue weighted by molar-refractivity contribution is 5.82. The number of unbranched alkanes of at least 4 members (excludes halogenated alkanes) is 7. The standard InChI is InChI=1S/C19H32O3/c1-3-4-5-6-7-9-12-15-18(20)16-13-10-8-11-14-17-19(21)22-2/h8,11,14,17H,3-7,9-10,12-13,15-16H2,1-2H3/b11-8-,17-14+. The zero-order chi connectivity index (χ0) is 16.5. The summed E-state index contributed by atoms with van der Waals surface area (Å²) < 4.78 is 4.48. The predicted molar refractivity (Wildman–Crippen MR) is 91.8 cm³/mol. The quantitative estimate of drug-likeness (QED) is 0.193. The summed E-state index contributed by atoms with van der Waals surface area (Å²) in [6.07, 6.45) is 18.7. The molecule has 0 aromatic rings. The monoisotopic (exact) mass is 308 g/mol. The number of rotatable bonds is 14. The molecule has 0 spiro atoms. The summed E-state index contributed by atoms with van der Waals surface area (Å²) in [5.41, 5.74) is 0. The van der Waals surface area contributed by atoms with Crippen LogP contribution in [0.3, 0.4) is 0 Å². The minimum absolute atomic E-state index is 0.352. The van der Waals surface area contributed by atoms with Crippen molar-refractivity contribution in [1.29, 1.82) is 0 Å². The first-order chi connectivity index (χ1) is 10.7. The fourth-order valence-electron chi connectivity index (χ4n) is 2.20. The zero-order valence-electron chi connectivity index (χ0n) is 14.3. The van der Waals surface area contributed by atoms with E-state index < -0.39 is 0 Å². The first kappa shape index (κ1) is 20.6. The molecule has 0 saturated carbocycles. The molecule has 0 radical (unpaired) electrons. The zero-order valence-corrected chi connectivity index (χ0v) is 14.3. The van der Waals surface area contributed by atoms with Gasteiger partial charge in [0.25, 0.3) is 0 Å². The average Bonchev–Trinajstić information content (AvgIpc) is 2.52. The van der Waals surface area contributed by atoms with E-state index in [1.807, 2.05) is 12.2 Å². The maximum absolute atomic E-state index is 11.7. The van der Waals surface area contributed by atoms with Gasteiger partial charge in [0.2, 0.25) is 0 Å². The van der Waals surface area contributed by atoms with Crippen LogP contribution in [0.4, 0.5) is 0 Å². The van der Waals surface area contributed by atoms with Crippen molar-refractivity contribution in [2.24, 2.45) is 0 Å². The molecule has 3 heteroatoms. The van der Waals surface area contributed by atoms with Crippen molar-refractivity contribution >= 4 is 11.8 Å². The van der Waals surface area contributed by atoms with Crippen LogP contribution in [-0.4, -0.2) is 18.9 Å². The van der Waals surface area contributed by atoms with Gasteiger partial charge in [-0.1, -0.05) is 63.7 Å². The van der Waals surface area contributed by atoms with Gasteiger partial charge in [0, 0.05) is 18.9 Å². The normalized spacial score (nSPS) is 11.4. The smallest absolute Gasteiger partial charge is 0.330 e. The lowest BCUT2D eigenvalue weighted by Gasteiger charge is -2.01. The van der Waals surface area contributed by atoms with Gasteiger partial charge in [0.15, 0.2) is 0 Å². The fourth-order valence-corrected chi connectivity index (χ4v) is 2.20. The molecule has 0 N–H and O–H groups in total. The summed E-state index contributed by atoms with van der Waals surface area (Å²) in [6.45, 7) is 2.23. The van der Waals surface area contributed by atoms with Gasteiger partial charge in [-0.05, 0) is 19.3 Å².